The quantitative estimate of drug-likeness (QED) is 0.705. The van der Waals surface area contributed by atoms with Gasteiger partial charge in [0.15, 0.2) is 0 Å². The lowest BCUT2D eigenvalue weighted by Crippen LogP contribution is -2.42. The molecule has 0 aromatic heterocycles. The van der Waals surface area contributed by atoms with Gasteiger partial charge in [-0.15, -0.1) is 0 Å². The number of rotatable bonds is 2. The van der Waals surface area contributed by atoms with Gasteiger partial charge in [-0.3, -0.25) is 0 Å². The van der Waals surface area contributed by atoms with E-state index in [9.17, 15) is 0 Å². The van der Waals surface area contributed by atoms with Crippen molar-refractivity contribution in [1.82, 2.24) is 5.32 Å². The highest BCUT2D eigenvalue weighted by Gasteiger charge is 2.21. The van der Waals surface area contributed by atoms with Gasteiger partial charge in [0.1, 0.15) is 0 Å². The normalized spacial score (nSPS) is 39.0. The lowest BCUT2D eigenvalue weighted by molar-refractivity contribution is 0.259. The summed E-state index contributed by atoms with van der Waals surface area (Å²) in [6.07, 6.45) is 4.06. The maximum Gasteiger partial charge on any atom is 0.00438 e. The fourth-order valence-corrected chi connectivity index (χ4v) is 2.76. The molecule has 0 amide bonds. The Kier molecular flexibility index (Phi) is 3.86. The maximum absolute atomic E-state index is 3.55. The Morgan fingerprint density at radius 1 is 1.27 bits per heavy atom. The van der Waals surface area contributed by atoms with E-state index in [1.165, 1.54) is 19.3 Å². The molecule has 2 atom stereocenters. The molecular formula is C9H18BrN. The Morgan fingerprint density at radius 3 is 2.27 bits per heavy atom. The summed E-state index contributed by atoms with van der Waals surface area (Å²) < 4.78 is 0. The van der Waals surface area contributed by atoms with Crippen LogP contribution < -0.4 is 5.32 Å². The lowest BCUT2D eigenvalue weighted by Gasteiger charge is -2.32. The molecule has 0 radical (unpaired) electrons. The number of halogens is 1. The van der Waals surface area contributed by atoms with Crippen LogP contribution in [-0.2, 0) is 0 Å². The van der Waals surface area contributed by atoms with Gasteiger partial charge in [0, 0.05) is 17.4 Å². The summed E-state index contributed by atoms with van der Waals surface area (Å²) in [7, 11) is 0. The number of piperidine rings is 1. The third kappa shape index (κ3) is 3.12. The second-order valence-corrected chi connectivity index (χ2v) is 4.58. The van der Waals surface area contributed by atoms with E-state index in [4.69, 9.17) is 0 Å². The van der Waals surface area contributed by atoms with E-state index in [2.05, 4.69) is 35.1 Å². The van der Waals surface area contributed by atoms with E-state index < -0.39 is 0 Å². The molecule has 0 aromatic carbocycles. The lowest BCUT2D eigenvalue weighted by atomic mass is 9.87. The Morgan fingerprint density at radius 2 is 1.82 bits per heavy atom. The molecule has 1 N–H and O–H groups in total. The number of hydrogen-bond acceptors (Lipinski definition) is 1. The molecule has 1 aliphatic rings. The third-order valence-electron chi connectivity index (χ3n) is 2.46. The molecule has 0 bridgehead atoms. The van der Waals surface area contributed by atoms with Crippen molar-refractivity contribution in [1.29, 1.82) is 0 Å². The summed E-state index contributed by atoms with van der Waals surface area (Å²) in [5.74, 6) is 0.945. The van der Waals surface area contributed by atoms with Crippen molar-refractivity contribution in [2.45, 2.75) is 45.2 Å². The van der Waals surface area contributed by atoms with Crippen molar-refractivity contribution in [3.05, 3.63) is 0 Å². The van der Waals surface area contributed by atoms with Crippen molar-refractivity contribution < 1.29 is 0 Å². The van der Waals surface area contributed by atoms with Crippen LogP contribution >= 0.6 is 15.9 Å². The molecule has 2 heteroatoms. The van der Waals surface area contributed by atoms with E-state index in [0.717, 1.165) is 23.3 Å². The molecule has 11 heavy (non-hydrogen) atoms. The van der Waals surface area contributed by atoms with E-state index in [0.29, 0.717) is 0 Å². The second kappa shape index (κ2) is 4.46. The number of nitrogens with one attached hydrogen (secondary N) is 1. The average molecular weight is 220 g/mol. The molecule has 0 aromatic rings. The highest BCUT2D eigenvalue weighted by atomic mass is 79.9. The Balaban J connectivity index is 2.30. The van der Waals surface area contributed by atoms with Crippen molar-refractivity contribution in [3.63, 3.8) is 0 Å². The van der Waals surface area contributed by atoms with Gasteiger partial charge in [-0.2, -0.15) is 0 Å². The first-order chi connectivity index (χ1) is 5.22. The molecule has 0 saturated carbocycles. The minimum atomic E-state index is 0.725. The first-order valence-corrected chi connectivity index (χ1v) is 5.66. The van der Waals surface area contributed by atoms with Gasteiger partial charge >= 0.3 is 0 Å². The molecule has 1 saturated heterocycles. The largest absolute Gasteiger partial charge is 0.312 e. The third-order valence-corrected chi connectivity index (χ3v) is 2.92. The SMILES string of the molecule is C[C@@H]1CC(CCBr)C[C@@H](C)N1. The summed E-state index contributed by atoms with van der Waals surface area (Å²) in [5, 5.41) is 4.72. The van der Waals surface area contributed by atoms with Crippen LogP contribution in [0.15, 0.2) is 0 Å². The minimum absolute atomic E-state index is 0.725. The highest BCUT2D eigenvalue weighted by Crippen LogP contribution is 2.23. The predicted molar refractivity (Wildman–Crippen MR) is 53.2 cm³/mol. The van der Waals surface area contributed by atoms with Crippen molar-refractivity contribution in [3.8, 4) is 0 Å². The molecule has 1 nitrogen and oxygen atoms in total. The second-order valence-electron chi connectivity index (χ2n) is 3.78. The van der Waals surface area contributed by atoms with Crippen molar-refractivity contribution in [2.75, 3.05) is 5.33 Å². The van der Waals surface area contributed by atoms with Crippen LogP contribution in [0.3, 0.4) is 0 Å². The number of hydrogen-bond donors (Lipinski definition) is 1. The first kappa shape index (κ1) is 9.53. The van der Waals surface area contributed by atoms with Gasteiger partial charge in [-0.1, -0.05) is 15.9 Å². The highest BCUT2D eigenvalue weighted by molar-refractivity contribution is 9.09. The van der Waals surface area contributed by atoms with Crippen LogP contribution in [0.2, 0.25) is 0 Å². The zero-order valence-electron chi connectivity index (χ0n) is 7.44. The van der Waals surface area contributed by atoms with E-state index in [-0.39, 0.29) is 0 Å². The van der Waals surface area contributed by atoms with Gasteiger partial charge in [0.2, 0.25) is 0 Å². The Hall–Kier alpha value is 0.440. The van der Waals surface area contributed by atoms with Crippen LogP contribution in [0.25, 0.3) is 0 Å². The van der Waals surface area contributed by atoms with Gasteiger partial charge in [0.25, 0.3) is 0 Å². The Labute approximate surface area is 78.1 Å². The predicted octanol–water partition coefficient (Wildman–Crippen LogP) is 2.55. The smallest absolute Gasteiger partial charge is 0.00438 e. The summed E-state index contributed by atoms with van der Waals surface area (Å²) in [6.45, 7) is 4.58. The topological polar surface area (TPSA) is 12.0 Å². The summed E-state index contributed by atoms with van der Waals surface area (Å²) in [5.41, 5.74) is 0. The first-order valence-electron chi connectivity index (χ1n) is 4.54. The van der Waals surface area contributed by atoms with Crippen LogP contribution in [0.5, 0.6) is 0 Å². The van der Waals surface area contributed by atoms with Crippen LogP contribution in [0, 0.1) is 5.92 Å². The molecule has 1 rings (SSSR count). The molecule has 1 fully saturated rings. The van der Waals surface area contributed by atoms with Crippen LogP contribution in [-0.4, -0.2) is 17.4 Å². The molecular weight excluding hydrogens is 202 g/mol. The van der Waals surface area contributed by atoms with Crippen LogP contribution in [0.4, 0.5) is 0 Å². The minimum Gasteiger partial charge on any atom is -0.312 e. The standard InChI is InChI=1S/C9H18BrN/c1-7-5-9(3-4-10)6-8(2)11-7/h7-9,11H,3-6H2,1-2H3/t7-,8-/m1/s1. The monoisotopic (exact) mass is 219 g/mol. The zero-order valence-corrected chi connectivity index (χ0v) is 9.02. The van der Waals surface area contributed by atoms with Gasteiger partial charge in [0.05, 0.1) is 0 Å². The molecule has 0 spiro atoms. The number of alkyl halides is 1. The van der Waals surface area contributed by atoms with E-state index in [1.54, 1.807) is 0 Å². The molecule has 1 heterocycles. The molecule has 0 aliphatic carbocycles. The van der Waals surface area contributed by atoms with Crippen molar-refractivity contribution in [2.24, 2.45) is 5.92 Å². The zero-order chi connectivity index (χ0) is 8.27. The van der Waals surface area contributed by atoms with E-state index in [1.807, 2.05) is 0 Å². The summed E-state index contributed by atoms with van der Waals surface area (Å²) >= 11 is 3.50. The molecule has 0 unspecified atom stereocenters. The van der Waals surface area contributed by atoms with Gasteiger partial charge in [-0.25, -0.2) is 0 Å². The van der Waals surface area contributed by atoms with Crippen LogP contribution in [0.1, 0.15) is 33.1 Å². The summed E-state index contributed by atoms with van der Waals surface area (Å²) in [6, 6.07) is 1.45. The maximum atomic E-state index is 3.55. The van der Waals surface area contributed by atoms with Gasteiger partial charge < -0.3 is 5.32 Å². The molecule has 1 aliphatic heterocycles. The molecule has 66 valence electrons. The average Bonchev–Trinajstić information content (AvgIpc) is 1.85. The van der Waals surface area contributed by atoms with E-state index >= 15 is 0 Å². The fraction of sp³-hybridized carbons (Fsp3) is 1.00. The Bertz CT molecular complexity index is 106. The van der Waals surface area contributed by atoms with Crippen molar-refractivity contribution >= 4 is 15.9 Å². The fourth-order valence-electron chi connectivity index (χ4n) is 2.11. The summed E-state index contributed by atoms with van der Waals surface area (Å²) in [4.78, 5) is 0. The van der Waals surface area contributed by atoms with Gasteiger partial charge in [-0.05, 0) is 39.0 Å².